The van der Waals surface area contributed by atoms with Gasteiger partial charge in [0.15, 0.2) is 0 Å². The third kappa shape index (κ3) is 2.97. The topological polar surface area (TPSA) is 55.1 Å². The minimum absolute atomic E-state index is 0.0865. The fraction of sp³-hybridized carbons (Fsp3) is 0.263. The summed E-state index contributed by atoms with van der Waals surface area (Å²) in [7, 11) is 0. The number of hydrogen-bond donors (Lipinski definition) is 1. The van der Waals surface area contributed by atoms with E-state index in [2.05, 4.69) is 11.9 Å². The second-order valence-corrected chi connectivity index (χ2v) is 5.63. The molecule has 0 bridgehead atoms. The van der Waals surface area contributed by atoms with Crippen LogP contribution < -0.4 is 5.56 Å². The highest BCUT2D eigenvalue weighted by Gasteiger charge is 2.14. The number of hydrogen-bond acceptors (Lipinski definition) is 3. The average Bonchev–Trinajstić information content (AvgIpc) is 2.57. The van der Waals surface area contributed by atoms with E-state index in [9.17, 15) is 9.90 Å². The number of aromatic nitrogens is 2. The Bertz CT molecular complexity index is 884. The molecule has 23 heavy (non-hydrogen) atoms. The molecule has 2 aromatic carbocycles. The monoisotopic (exact) mass is 308 g/mol. The van der Waals surface area contributed by atoms with Crippen molar-refractivity contribution in [1.82, 2.24) is 9.55 Å². The van der Waals surface area contributed by atoms with E-state index in [0.29, 0.717) is 28.8 Å². The zero-order valence-electron chi connectivity index (χ0n) is 13.2. The number of aromatic hydroxyl groups is 1. The van der Waals surface area contributed by atoms with Crippen molar-refractivity contribution in [3.63, 3.8) is 0 Å². The lowest BCUT2D eigenvalue weighted by Crippen LogP contribution is -2.24. The Hall–Kier alpha value is -2.62. The Morgan fingerprint density at radius 3 is 2.57 bits per heavy atom. The third-order valence-corrected chi connectivity index (χ3v) is 3.97. The zero-order valence-corrected chi connectivity index (χ0v) is 13.2. The van der Waals surface area contributed by atoms with Gasteiger partial charge in [0.25, 0.3) is 5.56 Å². The number of aryl methyl sites for hydroxylation is 1. The molecule has 0 aliphatic carbocycles. The van der Waals surface area contributed by atoms with Crippen LogP contribution in [-0.2, 0) is 6.42 Å². The largest absolute Gasteiger partial charge is 0.506 e. The van der Waals surface area contributed by atoms with Crippen molar-refractivity contribution in [2.24, 2.45) is 0 Å². The molecule has 0 saturated carbocycles. The molecule has 4 heteroatoms. The molecule has 0 unspecified atom stereocenters. The number of nitrogens with zero attached hydrogens (tertiary/aromatic N) is 2. The van der Waals surface area contributed by atoms with E-state index in [1.165, 1.54) is 0 Å². The lowest BCUT2D eigenvalue weighted by atomic mass is 10.1. The maximum Gasteiger partial charge on any atom is 0.266 e. The molecule has 0 aliphatic rings. The van der Waals surface area contributed by atoms with Crippen LogP contribution in [-0.4, -0.2) is 14.7 Å². The second kappa shape index (κ2) is 6.65. The summed E-state index contributed by atoms with van der Waals surface area (Å²) in [4.78, 5) is 17.6. The highest BCUT2D eigenvalue weighted by atomic mass is 16.3. The fourth-order valence-electron chi connectivity index (χ4n) is 2.78. The quantitative estimate of drug-likeness (QED) is 0.729. The van der Waals surface area contributed by atoms with Gasteiger partial charge in [-0.2, -0.15) is 0 Å². The van der Waals surface area contributed by atoms with E-state index in [1.807, 2.05) is 24.3 Å². The SMILES string of the molecule is CCCCCc1nc2ccccc2c(=O)n1-c1ccccc1O. The van der Waals surface area contributed by atoms with Crippen LogP contribution >= 0.6 is 0 Å². The summed E-state index contributed by atoms with van der Waals surface area (Å²) in [6, 6.07) is 14.2. The fourth-order valence-corrected chi connectivity index (χ4v) is 2.78. The first-order valence-electron chi connectivity index (χ1n) is 8.01. The van der Waals surface area contributed by atoms with Gasteiger partial charge < -0.3 is 5.11 Å². The van der Waals surface area contributed by atoms with Gasteiger partial charge in [0.2, 0.25) is 0 Å². The minimum Gasteiger partial charge on any atom is -0.506 e. The number of para-hydroxylation sites is 3. The molecule has 3 aromatic rings. The molecule has 1 N–H and O–H groups in total. The summed E-state index contributed by atoms with van der Waals surface area (Å²) in [5.41, 5.74) is 1.06. The lowest BCUT2D eigenvalue weighted by Gasteiger charge is -2.14. The molecule has 0 spiro atoms. The van der Waals surface area contributed by atoms with Crippen LogP contribution in [0.5, 0.6) is 5.75 Å². The van der Waals surface area contributed by atoms with Gasteiger partial charge in [0.1, 0.15) is 11.6 Å². The molecule has 0 fully saturated rings. The molecule has 0 amide bonds. The lowest BCUT2D eigenvalue weighted by molar-refractivity contribution is 0.470. The van der Waals surface area contributed by atoms with Crippen LogP contribution in [0.2, 0.25) is 0 Å². The van der Waals surface area contributed by atoms with Crippen LogP contribution in [0.3, 0.4) is 0 Å². The van der Waals surface area contributed by atoms with Crippen molar-refractivity contribution in [2.45, 2.75) is 32.6 Å². The van der Waals surface area contributed by atoms with Gasteiger partial charge in [0.05, 0.1) is 16.6 Å². The normalized spacial score (nSPS) is 11.0. The van der Waals surface area contributed by atoms with Crippen LogP contribution in [0.1, 0.15) is 32.0 Å². The first-order valence-corrected chi connectivity index (χ1v) is 8.01. The predicted molar refractivity (Wildman–Crippen MR) is 92.2 cm³/mol. The number of phenolic OH excluding ortho intramolecular Hbond substituents is 1. The molecule has 3 rings (SSSR count). The number of rotatable bonds is 5. The number of phenols is 1. The highest BCUT2D eigenvalue weighted by molar-refractivity contribution is 5.78. The summed E-state index contributed by atoms with van der Waals surface area (Å²) in [5.74, 6) is 0.784. The summed E-state index contributed by atoms with van der Waals surface area (Å²) in [6.07, 6.45) is 3.87. The number of fused-ring (bicyclic) bond motifs is 1. The summed E-state index contributed by atoms with van der Waals surface area (Å²) >= 11 is 0. The average molecular weight is 308 g/mol. The molecule has 0 aliphatic heterocycles. The van der Waals surface area contributed by atoms with Crippen molar-refractivity contribution in [3.8, 4) is 11.4 Å². The van der Waals surface area contributed by atoms with E-state index in [0.717, 1.165) is 19.3 Å². The third-order valence-electron chi connectivity index (χ3n) is 3.97. The predicted octanol–water partition coefficient (Wildman–Crippen LogP) is 3.82. The van der Waals surface area contributed by atoms with Gasteiger partial charge in [0, 0.05) is 6.42 Å². The molecular formula is C19H20N2O2. The molecule has 1 heterocycles. The van der Waals surface area contributed by atoms with Crippen molar-refractivity contribution >= 4 is 10.9 Å². The summed E-state index contributed by atoms with van der Waals surface area (Å²) in [5, 5.41) is 10.7. The Morgan fingerprint density at radius 2 is 1.78 bits per heavy atom. The first kappa shape index (κ1) is 15.3. The van der Waals surface area contributed by atoms with Gasteiger partial charge in [-0.25, -0.2) is 4.98 Å². The van der Waals surface area contributed by atoms with Crippen LogP contribution in [0, 0.1) is 0 Å². The molecule has 1 aromatic heterocycles. The molecule has 4 nitrogen and oxygen atoms in total. The van der Waals surface area contributed by atoms with Crippen molar-refractivity contribution in [3.05, 3.63) is 64.7 Å². The van der Waals surface area contributed by atoms with Crippen molar-refractivity contribution in [2.75, 3.05) is 0 Å². The van der Waals surface area contributed by atoms with Crippen molar-refractivity contribution in [1.29, 1.82) is 0 Å². The Morgan fingerprint density at radius 1 is 1.04 bits per heavy atom. The Labute approximate surface area is 135 Å². The van der Waals surface area contributed by atoms with Gasteiger partial charge in [-0.15, -0.1) is 0 Å². The standard InChI is InChI=1S/C19H20N2O2/c1-2-3-4-13-18-20-15-10-6-5-9-14(15)19(23)21(18)16-11-7-8-12-17(16)22/h5-12,22H,2-4,13H2,1H3. The highest BCUT2D eigenvalue weighted by Crippen LogP contribution is 2.22. The molecule has 118 valence electrons. The van der Waals surface area contributed by atoms with E-state index >= 15 is 0 Å². The Kier molecular flexibility index (Phi) is 4.42. The molecule has 0 saturated heterocycles. The Balaban J connectivity index is 2.24. The van der Waals surface area contributed by atoms with Crippen molar-refractivity contribution < 1.29 is 5.11 Å². The van der Waals surface area contributed by atoms with Gasteiger partial charge >= 0.3 is 0 Å². The van der Waals surface area contributed by atoms with E-state index in [1.54, 1.807) is 28.8 Å². The number of unbranched alkanes of at least 4 members (excludes halogenated alkanes) is 2. The first-order chi connectivity index (χ1) is 11.2. The van der Waals surface area contributed by atoms with Gasteiger partial charge in [-0.05, 0) is 30.7 Å². The van der Waals surface area contributed by atoms with E-state index in [4.69, 9.17) is 0 Å². The van der Waals surface area contributed by atoms with Gasteiger partial charge in [-0.1, -0.05) is 44.0 Å². The van der Waals surface area contributed by atoms with E-state index < -0.39 is 0 Å². The van der Waals surface area contributed by atoms with E-state index in [-0.39, 0.29) is 11.3 Å². The zero-order chi connectivity index (χ0) is 16.2. The minimum atomic E-state index is -0.136. The molecule has 0 radical (unpaired) electrons. The number of benzene rings is 2. The summed E-state index contributed by atoms with van der Waals surface area (Å²) in [6.45, 7) is 2.14. The second-order valence-electron chi connectivity index (χ2n) is 5.63. The molecule has 0 atom stereocenters. The van der Waals surface area contributed by atoms with Crippen LogP contribution in [0.25, 0.3) is 16.6 Å². The maximum absolute atomic E-state index is 12.9. The molecular weight excluding hydrogens is 288 g/mol. The van der Waals surface area contributed by atoms with Gasteiger partial charge in [-0.3, -0.25) is 9.36 Å². The maximum atomic E-state index is 12.9. The summed E-state index contributed by atoms with van der Waals surface area (Å²) < 4.78 is 1.55. The van der Waals surface area contributed by atoms with Crippen LogP contribution in [0.4, 0.5) is 0 Å². The smallest absolute Gasteiger partial charge is 0.266 e. The van der Waals surface area contributed by atoms with Crippen LogP contribution in [0.15, 0.2) is 53.3 Å².